The molecule has 1 saturated heterocycles. The van der Waals surface area contributed by atoms with E-state index in [-0.39, 0.29) is 0 Å². The van der Waals surface area contributed by atoms with E-state index in [1.165, 1.54) is 25.8 Å². The van der Waals surface area contributed by atoms with Gasteiger partial charge in [0.05, 0.1) is 12.6 Å². The molecule has 0 spiro atoms. The summed E-state index contributed by atoms with van der Waals surface area (Å²) in [7, 11) is 0. The molecule has 0 aromatic carbocycles. The fraction of sp³-hybridized carbons (Fsp3) is 0.545. The molecule has 1 atom stereocenters. The molecule has 0 N–H and O–H groups in total. The van der Waals surface area contributed by atoms with Crippen LogP contribution >= 0.6 is 0 Å². The predicted molar refractivity (Wildman–Crippen MR) is 53.0 cm³/mol. The molecule has 0 aliphatic carbocycles. The van der Waals surface area contributed by atoms with Crippen molar-refractivity contribution in [3.63, 3.8) is 0 Å². The highest BCUT2D eigenvalue weighted by Gasteiger charge is 2.23. The summed E-state index contributed by atoms with van der Waals surface area (Å²) in [5.41, 5.74) is 0. The highest BCUT2D eigenvalue weighted by Crippen LogP contribution is 2.11. The predicted octanol–water partition coefficient (Wildman–Crippen LogP) is 1.48. The number of aromatic nitrogens is 1. The van der Waals surface area contributed by atoms with E-state index in [1.807, 2.05) is 0 Å². The summed E-state index contributed by atoms with van der Waals surface area (Å²) in [5.74, 6) is 0. The van der Waals surface area contributed by atoms with Crippen molar-refractivity contribution in [3.05, 3.63) is 30.6 Å². The smallest absolute Gasteiger partial charge is 0.178 e. The quantitative estimate of drug-likeness (QED) is 0.589. The highest BCUT2D eigenvalue weighted by atomic mass is 15.5. The standard InChI is InChI=1S/C11H17N2/c1-11-7-3-6-10-13(11)12-8-4-2-5-9-12/h2,4-5,8-9,11H,3,6-7,10H2,1H3/q+1. The third-order valence-corrected chi connectivity index (χ3v) is 2.76. The Balaban J connectivity index is 2.15. The van der Waals surface area contributed by atoms with Gasteiger partial charge in [-0.3, -0.25) is 0 Å². The maximum absolute atomic E-state index is 2.43. The molecule has 2 heterocycles. The van der Waals surface area contributed by atoms with Gasteiger partial charge in [0.2, 0.25) is 0 Å². The average Bonchev–Trinajstić information content (AvgIpc) is 2.20. The molecule has 0 saturated carbocycles. The second kappa shape index (κ2) is 3.77. The molecule has 1 unspecified atom stereocenters. The molecule has 2 nitrogen and oxygen atoms in total. The monoisotopic (exact) mass is 177 g/mol. The van der Waals surface area contributed by atoms with Crippen LogP contribution in [0.25, 0.3) is 0 Å². The van der Waals surface area contributed by atoms with Gasteiger partial charge in [0.25, 0.3) is 0 Å². The van der Waals surface area contributed by atoms with Crippen LogP contribution in [0.4, 0.5) is 0 Å². The third-order valence-electron chi connectivity index (χ3n) is 2.76. The third kappa shape index (κ3) is 1.82. The lowest BCUT2D eigenvalue weighted by Crippen LogP contribution is -2.62. The molecule has 1 aromatic heterocycles. The Morgan fingerprint density at radius 1 is 1.15 bits per heavy atom. The average molecular weight is 177 g/mol. The molecular weight excluding hydrogens is 160 g/mol. The number of rotatable bonds is 1. The highest BCUT2D eigenvalue weighted by molar-refractivity contribution is 4.88. The molecule has 0 radical (unpaired) electrons. The minimum Gasteiger partial charge on any atom is -0.178 e. The first-order valence-corrected chi connectivity index (χ1v) is 5.11. The fourth-order valence-electron chi connectivity index (χ4n) is 1.99. The summed E-state index contributed by atoms with van der Waals surface area (Å²) in [4.78, 5) is 0. The SMILES string of the molecule is CC1CCCCN1[n+]1ccccc1. The van der Waals surface area contributed by atoms with Crippen LogP contribution in [0, 0.1) is 0 Å². The Hall–Kier alpha value is -1.05. The van der Waals surface area contributed by atoms with Gasteiger partial charge in [0.1, 0.15) is 0 Å². The van der Waals surface area contributed by atoms with E-state index in [0.29, 0.717) is 6.04 Å². The van der Waals surface area contributed by atoms with Crippen molar-refractivity contribution >= 4 is 0 Å². The van der Waals surface area contributed by atoms with E-state index in [2.05, 4.69) is 47.2 Å². The second-order valence-corrected chi connectivity index (χ2v) is 3.76. The second-order valence-electron chi connectivity index (χ2n) is 3.76. The van der Waals surface area contributed by atoms with Crippen LogP contribution in [-0.4, -0.2) is 12.6 Å². The van der Waals surface area contributed by atoms with Crippen molar-refractivity contribution in [1.82, 2.24) is 0 Å². The van der Waals surface area contributed by atoms with E-state index in [1.54, 1.807) is 0 Å². The summed E-state index contributed by atoms with van der Waals surface area (Å²) in [6.07, 6.45) is 8.28. The van der Waals surface area contributed by atoms with Gasteiger partial charge in [-0.1, -0.05) is 10.7 Å². The molecule has 70 valence electrons. The molecule has 0 bridgehead atoms. The van der Waals surface area contributed by atoms with E-state index < -0.39 is 0 Å². The van der Waals surface area contributed by atoms with Crippen LogP contribution in [0.3, 0.4) is 0 Å². The Bertz CT molecular complexity index is 258. The largest absolute Gasteiger partial charge is 0.199 e. The van der Waals surface area contributed by atoms with Crippen molar-refractivity contribution in [1.29, 1.82) is 0 Å². The van der Waals surface area contributed by atoms with Gasteiger partial charge < -0.3 is 0 Å². The first-order valence-electron chi connectivity index (χ1n) is 5.11. The summed E-state index contributed by atoms with van der Waals surface area (Å²) < 4.78 is 2.21. The van der Waals surface area contributed by atoms with E-state index in [4.69, 9.17) is 0 Å². The Labute approximate surface area is 79.8 Å². The Kier molecular flexibility index (Phi) is 2.48. The normalized spacial score (nSPS) is 23.2. The molecule has 1 aliphatic heterocycles. The van der Waals surface area contributed by atoms with Gasteiger partial charge in [0.15, 0.2) is 12.4 Å². The topological polar surface area (TPSA) is 7.12 Å². The van der Waals surface area contributed by atoms with Crippen molar-refractivity contribution in [3.8, 4) is 0 Å². The molecule has 2 heteroatoms. The lowest BCUT2D eigenvalue weighted by molar-refractivity contribution is -0.698. The zero-order valence-electron chi connectivity index (χ0n) is 8.19. The number of nitrogens with zero attached hydrogens (tertiary/aromatic N) is 2. The van der Waals surface area contributed by atoms with Gasteiger partial charge in [-0.2, -0.15) is 5.01 Å². The van der Waals surface area contributed by atoms with Crippen LogP contribution in [0.2, 0.25) is 0 Å². The lowest BCUT2D eigenvalue weighted by Gasteiger charge is -2.28. The van der Waals surface area contributed by atoms with Gasteiger partial charge in [-0.05, 0) is 26.2 Å². The number of pyridine rings is 1. The Morgan fingerprint density at radius 3 is 2.62 bits per heavy atom. The van der Waals surface area contributed by atoms with Crippen LogP contribution in [0.5, 0.6) is 0 Å². The lowest BCUT2D eigenvalue weighted by atomic mass is 10.1. The van der Waals surface area contributed by atoms with Crippen molar-refractivity contribution in [2.45, 2.75) is 32.2 Å². The van der Waals surface area contributed by atoms with Gasteiger partial charge in [0, 0.05) is 12.1 Å². The van der Waals surface area contributed by atoms with Gasteiger partial charge in [-0.15, -0.1) is 0 Å². The molecule has 0 amide bonds. The van der Waals surface area contributed by atoms with E-state index >= 15 is 0 Å². The minimum atomic E-state index is 0.682. The molecule has 13 heavy (non-hydrogen) atoms. The maximum Gasteiger partial charge on any atom is 0.199 e. The fourth-order valence-corrected chi connectivity index (χ4v) is 1.99. The van der Waals surface area contributed by atoms with Crippen molar-refractivity contribution in [2.75, 3.05) is 11.6 Å². The molecule has 2 rings (SSSR count). The van der Waals surface area contributed by atoms with Crippen molar-refractivity contribution < 1.29 is 4.68 Å². The molecular formula is C11H17N2+. The summed E-state index contributed by atoms with van der Waals surface area (Å²) >= 11 is 0. The molecule has 1 aromatic rings. The number of hydrogen-bond acceptors (Lipinski definition) is 1. The van der Waals surface area contributed by atoms with Gasteiger partial charge >= 0.3 is 0 Å². The first-order chi connectivity index (χ1) is 6.38. The zero-order valence-corrected chi connectivity index (χ0v) is 8.19. The molecule has 1 fully saturated rings. The van der Waals surface area contributed by atoms with Crippen LogP contribution < -0.4 is 9.69 Å². The van der Waals surface area contributed by atoms with Gasteiger partial charge in [-0.25, -0.2) is 0 Å². The van der Waals surface area contributed by atoms with Crippen LogP contribution in [0.1, 0.15) is 26.2 Å². The Morgan fingerprint density at radius 2 is 1.92 bits per heavy atom. The zero-order chi connectivity index (χ0) is 9.10. The minimum absolute atomic E-state index is 0.682. The van der Waals surface area contributed by atoms with E-state index in [0.717, 1.165) is 0 Å². The molecule has 1 aliphatic rings. The summed E-state index contributed by atoms with van der Waals surface area (Å²) in [6, 6.07) is 6.91. The van der Waals surface area contributed by atoms with Crippen LogP contribution in [0.15, 0.2) is 30.6 Å². The number of piperidine rings is 1. The van der Waals surface area contributed by atoms with Crippen LogP contribution in [-0.2, 0) is 0 Å². The summed E-state index contributed by atoms with van der Waals surface area (Å²) in [6.45, 7) is 3.50. The van der Waals surface area contributed by atoms with E-state index in [9.17, 15) is 0 Å². The summed E-state index contributed by atoms with van der Waals surface area (Å²) in [5, 5.41) is 2.43. The maximum atomic E-state index is 2.43. The van der Waals surface area contributed by atoms with Crippen molar-refractivity contribution in [2.24, 2.45) is 0 Å². The first kappa shape index (κ1) is 8.54. The number of hydrogen-bond donors (Lipinski definition) is 0.